The second kappa shape index (κ2) is 4.83. The lowest BCUT2D eigenvalue weighted by atomic mass is 9.34. The van der Waals surface area contributed by atoms with Gasteiger partial charge >= 0.3 is 0 Å². The highest BCUT2D eigenvalue weighted by molar-refractivity contribution is 5.21. The Labute approximate surface area is 152 Å². The van der Waals surface area contributed by atoms with Crippen LogP contribution in [-0.2, 0) is 4.74 Å². The minimum atomic E-state index is -0.0645. The smallest absolute Gasteiger partial charge is 0.117 e. The number of fused-ring (bicyclic) bond motifs is 3. The van der Waals surface area contributed by atoms with Gasteiger partial charge in [-0.1, -0.05) is 20.3 Å². The van der Waals surface area contributed by atoms with E-state index in [9.17, 15) is 5.11 Å². The molecule has 3 nitrogen and oxygen atoms in total. The number of hydrogen-bond acceptors (Lipinski definition) is 3. The van der Waals surface area contributed by atoms with Crippen molar-refractivity contribution < 1.29 is 9.84 Å². The van der Waals surface area contributed by atoms with E-state index in [1.807, 2.05) is 0 Å². The van der Waals surface area contributed by atoms with Crippen LogP contribution in [0.5, 0.6) is 0 Å². The molecule has 25 heavy (non-hydrogen) atoms. The van der Waals surface area contributed by atoms with Gasteiger partial charge in [-0.15, -0.1) is 0 Å². The van der Waals surface area contributed by atoms with E-state index in [2.05, 4.69) is 18.7 Å². The van der Waals surface area contributed by atoms with Gasteiger partial charge in [-0.2, -0.15) is 0 Å². The van der Waals surface area contributed by atoms with Gasteiger partial charge in [-0.05, 0) is 74.0 Å². The molecule has 5 aliphatic carbocycles. The van der Waals surface area contributed by atoms with E-state index in [-0.39, 0.29) is 11.5 Å². The van der Waals surface area contributed by atoms with E-state index in [1.54, 1.807) is 0 Å². The Kier molecular flexibility index (Phi) is 3.07. The quantitative estimate of drug-likeness (QED) is 0.727. The van der Waals surface area contributed by atoms with Gasteiger partial charge in [0.15, 0.2) is 0 Å². The minimum Gasteiger partial charge on any atom is -0.392 e. The molecular formula is C22H35NO2. The average Bonchev–Trinajstić information content (AvgIpc) is 3.06. The van der Waals surface area contributed by atoms with Crippen LogP contribution in [0.4, 0.5) is 0 Å². The molecule has 0 radical (unpaired) electrons. The van der Waals surface area contributed by atoms with Crippen LogP contribution in [0.15, 0.2) is 0 Å². The van der Waals surface area contributed by atoms with Gasteiger partial charge in [0.1, 0.15) is 6.23 Å². The number of aliphatic hydroxyl groups excluding tert-OH is 1. The lowest BCUT2D eigenvalue weighted by molar-refractivity contribution is -0.306. The lowest BCUT2D eigenvalue weighted by Gasteiger charge is -2.74. The van der Waals surface area contributed by atoms with E-state index < -0.39 is 0 Å². The predicted octanol–water partition coefficient (Wildman–Crippen LogP) is 3.66. The van der Waals surface area contributed by atoms with Crippen LogP contribution in [-0.4, -0.2) is 42.0 Å². The Morgan fingerprint density at radius 3 is 2.80 bits per heavy atom. The number of hydrogen-bond donors (Lipinski definition) is 1. The van der Waals surface area contributed by atoms with Crippen molar-refractivity contribution in [1.82, 2.24) is 4.90 Å². The van der Waals surface area contributed by atoms with Crippen LogP contribution >= 0.6 is 0 Å². The number of aliphatic hydroxyl groups is 1. The number of rotatable bonds is 0. The Balaban J connectivity index is 1.52. The fourth-order valence-electron chi connectivity index (χ4n) is 9.62. The van der Waals surface area contributed by atoms with E-state index in [1.165, 1.54) is 57.9 Å². The summed E-state index contributed by atoms with van der Waals surface area (Å²) in [5, 5.41) is 11.4. The molecule has 140 valence electrons. The summed E-state index contributed by atoms with van der Waals surface area (Å²) in [4.78, 5) is 2.72. The number of nitrogens with zero attached hydrogens (tertiary/aromatic N) is 1. The van der Waals surface area contributed by atoms with Crippen molar-refractivity contribution in [3.05, 3.63) is 0 Å². The Hall–Kier alpha value is -0.120. The average molecular weight is 346 g/mol. The Morgan fingerprint density at radius 2 is 1.92 bits per heavy atom. The van der Waals surface area contributed by atoms with E-state index >= 15 is 0 Å². The summed E-state index contributed by atoms with van der Waals surface area (Å²) in [7, 11) is 0. The highest BCUT2D eigenvalue weighted by Crippen LogP contribution is 2.75. The molecule has 5 saturated carbocycles. The summed E-state index contributed by atoms with van der Waals surface area (Å²) in [5.74, 6) is 2.79. The van der Waals surface area contributed by atoms with Crippen LogP contribution < -0.4 is 0 Å². The second-order valence-corrected chi connectivity index (χ2v) is 11.0. The fourth-order valence-corrected chi connectivity index (χ4v) is 9.62. The van der Waals surface area contributed by atoms with Crippen molar-refractivity contribution in [2.45, 2.75) is 77.5 Å². The first-order chi connectivity index (χ1) is 12.0. The number of ether oxygens (including phenoxy) is 1. The van der Waals surface area contributed by atoms with Crippen molar-refractivity contribution in [3.63, 3.8) is 0 Å². The van der Waals surface area contributed by atoms with Gasteiger partial charge < -0.3 is 9.84 Å². The number of piperidine rings is 1. The van der Waals surface area contributed by atoms with Crippen molar-refractivity contribution in [2.24, 2.45) is 39.9 Å². The summed E-state index contributed by atoms with van der Waals surface area (Å²) in [6.45, 7) is 8.25. The van der Waals surface area contributed by atoms with Crippen LogP contribution in [0.3, 0.4) is 0 Å². The van der Waals surface area contributed by atoms with E-state index in [0.717, 1.165) is 25.0 Å². The van der Waals surface area contributed by atoms with Crippen molar-refractivity contribution in [1.29, 1.82) is 0 Å². The third-order valence-electron chi connectivity index (χ3n) is 10.4. The van der Waals surface area contributed by atoms with Gasteiger partial charge in [0.2, 0.25) is 0 Å². The first-order valence-electron chi connectivity index (χ1n) is 11.1. The topological polar surface area (TPSA) is 32.7 Å². The molecule has 1 unspecified atom stereocenters. The molecule has 7 rings (SSSR count). The molecule has 9 atom stereocenters. The molecule has 7 fully saturated rings. The monoisotopic (exact) mass is 345 g/mol. The van der Waals surface area contributed by atoms with E-state index in [0.29, 0.717) is 28.9 Å². The van der Waals surface area contributed by atoms with Crippen LogP contribution in [0.2, 0.25) is 0 Å². The van der Waals surface area contributed by atoms with Crippen LogP contribution in [0, 0.1) is 39.9 Å². The normalized spacial score (nSPS) is 63.0. The molecule has 0 aromatic carbocycles. The highest BCUT2D eigenvalue weighted by atomic mass is 16.5. The first-order valence-corrected chi connectivity index (χ1v) is 11.1. The Morgan fingerprint density at radius 1 is 1.08 bits per heavy atom. The summed E-state index contributed by atoms with van der Waals surface area (Å²) in [6.07, 6.45) is 11.1. The van der Waals surface area contributed by atoms with Crippen LogP contribution in [0.25, 0.3) is 0 Å². The van der Waals surface area contributed by atoms with E-state index in [4.69, 9.17) is 4.74 Å². The first kappa shape index (κ1) is 15.9. The Bertz CT molecular complexity index is 595. The zero-order chi connectivity index (χ0) is 17.0. The lowest BCUT2D eigenvalue weighted by Crippen LogP contribution is -2.74. The summed E-state index contributed by atoms with van der Waals surface area (Å²) >= 11 is 0. The van der Waals surface area contributed by atoms with Crippen LogP contribution in [0.1, 0.15) is 65.2 Å². The molecule has 7 aliphatic rings. The maximum absolute atomic E-state index is 11.4. The zero-order valence-corrected chi connectivity index (χ0v) is 16.0. The molecule has 0 aromatic heterocycles. The molecule has 4 bridgehead atoms. The molecule has 2 saturated heterocycles. The molecule has 3 heteroatoms. The third kappa shape index (κ3) is 1.66. The predicted molar refractivity (Wildman–Crippen MR) is 96.9 cm³/mol. The van der Waals surface area contributed by atoms with Gasteiger partial charge in [0, 0.05) is 23.9 Å². The second-order valence-electron chi connectivity index (χ2n) is 11.0. The molecule has 1 N–H and O–H groups in total. The van der Waals surface area contributed by atoms with Crippen molar-refractivity contribution in [3.8, 4) is 0 Å². The van der Waals surface area contributed by atoms with Gasteiger partial charge in [0.25, 0.3) is 0 Å². The molecule has 0 amide bonds. The van der Waals surface area contributed by atoms with Gasteiger partial charge in [-0.3, -0.25) is 4.90 Å². The van der Waals surface area contributed by atoms with Gasteiger partial charge in [0.05, 0.1) is 12.7 Å². The largest absolute Gasteiger partial charge is 0.392 e. The standard InChI is InChI=1S/C22H35NO2/c1-14-15-4-8-21(18(14)24)9-5-16-20(2)6-3-7-22(16,17(21)12-15)19-23(13-20)10-11-25-19/h14-19,24H,3-13H2,1-2H3/t14-,15-,16+,17+,18+,19?,20-,21-,22-/m0/s1. The molecule has 2 aliphatic heterocycles. The van der Waals surface area contributed by atoms with Crippen molar-refractivity contribution >= 4 is 0 Å². The molecule has 0 aromatic rings. The molecular weight excluding hydrogens is 310 g/mol. The molecule has 1 spiro atoms. The zero-order valence-electron chi connectivity index (χ0n) is 16.0. The SMILES string of the molecule is C[C@H]1[C@H]2CC[C@@]3(CC[C@@H]4[C@@]5(C)CCC[C@@]4(C4OCCN4C5)[C@@H]3C2)[C@@H]1O. The van der Waals surface area contributed by atoms with Gasteiger partial charge in [-0.25, -0.2) is 0 Å². The molecule has 2 heterocycles. The maximum atomic E-state index is 11.4. The summed E-state index contributed by atoms with van der Waals surface area (Å²) < 4.78 is 6.51. The third-order valence-corrected chi connectivity index (χ3v) is 10.4. The summed E-state index contributed by atoms with van der Waals surface area (Å²) in [6, 6.07) is 0. The minimum absolute atomic E-state index is 0.0645. The fraction of sp³-hybridized carbons (Fsp3) is 1.00. The maximum Gasteiger partial charge on any atom is 0.117 e. The van der Waals surface area contributed by atoms with Crippen molar-refractivity contribution in [2.75, 3.05) is 19.7 Å². The summed E-state index contributed by atoms with van der Waals surface area (Å²) in [5.41, 5.74) is 1.02. The highest BCUT2D eigenvalue weighted by Gasteiger charge is 2.73.